The lowest BCUT2D eigenvalue weighted by Crippen LogP contribution is -2.22. The van der Waals surface area contributed by atoms with Crippen molar-refractivity contribution in [2.24, 2.45) is 10.7 Å². The number of nitrogens with zero attached hydrogens (tertiary/aromatic N) is 1. The highest BCUT2D eigenvalue weighted by Gasteiger charge is 2.21. The third-order valence-electron chi connectivity index (χ3n) is 3.84. The minimum atomic E-state index is 0.166. The standard InChI is InChI=1S/C18H21N3O3/c1-11-6-12-7-16(23-2)13(8-17(12)24-11)10-20-18(19)21-14-4-3-5-15(22)9-14/h3-5,7-9,11,22H,6,10H2,1-2H3,(H3,19,20,21). The van der Waals surface area contributed by atoms with E-state index in [9.17, 15) is 5.11 Å². The largest absolute Gasteiger partial charge is 0.508 e. The summed E-state index contributed by atoms with van der Waals surface area (Å²) in [6.45, 7) is 2.41. The van der Waals surface area contributed by atoms with E-state index in [1.165, 1.54) is 0 Å². The average Bonchev–Trinajstić information content (AvgIpc) is 2.90. The van der Waals surface area contributed by atoms with Gasteiger partial charge in [-0.05, 0) is 31.2 Å². The normalized spacial score (nSPS) is 16.4. The monoisotopic (exact) mass is 327 g/mol. The predicted octanol–water partition coefficient (Wildman–Crippen LogP) is 2.65. The Hall–Kier alpha value is -2.89. The molecule has 24 heavy (non-hydrogen) atoms. The highest BCUT2D eigenvalue weighted by Crippen LogP contribution is 2.35. The predicted molar refractivity (Wildman–Crippen MR) is 93.8 cm³/mol. The molecule has 2 aromatic carbocycles. The summed E-state index contributed by atoms with van der Waals surface area (Å²) in [4.78, 5) is 4.34. The maximum atomic E-state index is 9.46. The number of hydrogen-bond acceptors (Lipinski definition) is 4. The average molecular weight is 327 g/mol. The second-order valence-corrected chi connectivity index (χ2v) is 5.78. The number of nitrogens with two attached hydrogens (primary N) is 1. The van der Waals surface area contributed by atoms with Gasteiger partial charge in [0, 0.05) is 29.3 Å². The molecule has 4 N–H and O–H groups in total. The summed E-state index contributed by atoms with van der Waals surface area (Å²) in [5, 5.41) is 12.4. The molecule has 1 aliphatic rings. The van der Waals surface area contributed by atoms with Crippen LogP contribution in [-0.2, 0) is 13.0 Å². The Labute approximate surface area is 140 Å². The van der Waals surface area contributed by atoms with Crippen LogP contribution in [-0.4, -0.2) is 24.3 Å². The number of anilines is 1. The number of benzene rings is 2. The molecule has 6 heteroatoms. The van der Waals surface area contributed by atoms with Crippen molar-refractivity contribution in [1.82, 2.24) is 0 Å². The molecule has 0 saturated carbocycles. The number of fused-ring (bicyclic) bond motifs is 1. The van der Waals surface area contributed by atoms with Crippen molar-refractivity contribution in [3.8, 4) is 17.2 Å². The van der Waals surface area contributed by atoms with E-state index in [2.05, 4.69) is 10.3 Å². The summed E-state index contributed by atoms with van der Waals surface area (Å²) in [6.07, 6.45) is 1.07. The summed E-state index contributed by atoms with van der Waals surface area (Å²) in [6, 6.07) is 10.7. The Morgan fingerprint density at radius 3 is 3.00 bits per heavy atom. The number of rotatable bonds is 4. The van der Waals surface area contributed by atoms with Crippen molar-refractivity contribution in [2.75, 3.05) is 12.4 Å². The van der Waals surface area contributed by atoms with E-state index in [0.717, 1.165) is 29.0 Å². The smallest absolute Gasteiger partial charge is 0.193 e. The van der Waals surface area contributed by atoms with Crippen LogP contribution in [0.25, 0.3) is 0 Å². The molecule has 6 nitrogen and oxygen atoms in total. The van der Waals surface area contributed by atoms with Crippen molar-refractivity contribution in [3.63, 3.8) is 0 Å². The van der Waals surface area contributed by atoms with Crippen LogP contribution in [0.4, 0.5) is 5.69 Å². The van der Waals surface area contributed by atoms with E-state index in [4.69, 9.17) is 15.2 Å². The van der Waals surface area contributed by atoms with Crippen molar-refractivity contribution < 1.29 is 14.6 Å². The number of ether oxygens (including phenoxy) is 2. The number of nitrogens with one attached hydrogen (secondary N) is 1. The molecule has 1 unspecified atom stereocenters. The molecular weight excluding hydrogens is 306 g/mol. The summed E-state index contributed by atoms with van der Waals surface area (Å²) in [5.74, 6) is 2.09. The van der Waals surface area contributed by atoms with Crippen LogP contribution in [0.5, 0.6) is 17.2 Å². The lowest BCUT2D eigenvalue weighted by Gasteiger charge is -2.10. The number of aromatic hydroxyl groups is 1. The van der Waals surface area contributed by atoms with Gasteiger partial charge in [-0.2, -0.15) is 0 Å². The van der Waals surface area contributed by atoms with Crippen molar-refractivity contribution >= 4 is 11.6 Å². The van der Waals surface area contributed by atoms with Gasteiger partial charge in [0.15, 0.2) is 5.96 Å². The molecule has 0 spiro atoms. The van der Waals surface area contributed by atoms with Crippen LogP contribution in [0.15, 0.2) is 41.4 Å². The van der Waals surface area contributed by atoms with E-state index in [0.29, 0.717) is 12.2 Å². The summed E-state index contributed by atoms with van der Waals surface area (Å²) in [7, 11) is 1.64. The van der Waals surface area contributed by atoms with Gasteiger partial charge >= 0.3 is 0 Å². The topological polar surface area (TPSA) is 89.1 Å². The van der Waals surface area contributed by atoms with Crippen LogP contribution in [0.1, 0.15) is 18.1 Å². The molecular formula is C18H21N3O3. The van der Waals surface area contributed by atoms with Gasteiger partial charge < -0.3 is 25.6 Å². The van der Waals surface area contributed by atoms with E-state index < -0.39 is 0 Å². The summed E-state index contributed by atoms with van der Waals surface area (Å²) >= 11 is 0. The Bertz CT molecular complexity index is 774. The summed E-state index contributed by atoms with van der Waals surface area (Å²) < 4.78 is 11.2. The van der Waals surface area contributed by atoms with Crippen molar-refractivity contribution in [2.45, 2.75) is 26.0 Å². The molecule has 0 aliphatic carbocycles. The van der Waals surface area contributed by atoms with Crippen LogP contribution in [0.3, 0.4) is 0 Å². The quantitative estimate of drug-likeness (QED) is 0.593. The van der Waals surface area contributed by atoms with Crippen molar-refractivity contribution in [1.29, 1.82) is 0 Å². The highest BCUT2D eigenvalue weighted by atomic mass is 16.5. The lowest BCUT2D eigenvalue weighted by molar-refractivity contribution is 0.254. The molecule has 1 heterocycles. The first-order chi connectivity index (χ1) is 11.5. The van der Waals surface area contributed by atoms with E-state index in [1.807, 2.05) is 19.1 Å². The lowest BCUT2D eigenvalue weighted by atomic mass is 10.1. The van der Waals surface area contributed by atoms with Crippen LogP contribution in [0, 0.1) is 0 Å². The first kappa shape index (κ1) is 16.0. The molecule has 0 fully saturated rings. The second-order valence-electron chi connectivity index (χ2n) is 5.78. The molecule has 126 valence electrons. The van der Waals surface area contributed by atoms with Gasteiger partial charge in [-0.1, -0.05) is 6.07 Å². The molecule has 1 aliphatic heterocycles. The number of methoxy groups -OCH3 is 1. The maximum absolute atomic E-state index is 9.46. The van der Waals surface area contributed by atoms with Crippen molar-refractivity contribution in [3.05, 3.63) is 47.5 Å². The van der Waals surface area contributed by atoms with Crippen LogP contribution in [0.2, 0.25) is 0 Å². The van der Waals surface area contributed by atoms with E-state index >= 15 is 0 Å². The maximum Gasteiger partial charge on any atom is 0.193 e. The van der Waals surface area contributed by atoms with E-state index in [1.54, 1.807) is 31.4 Å². The highest BCUT2D eigenvalue weighted by molar-refractivity contribution is 5.92. The minimum absolute atomic E-state index is 0.166. The summed E-state index contributed by atoms with van der Waals surface area (Å²) in [5.41, 5.74) is 8.65. The molecule has 0 amide bonds. The molecule has 1 atom stereocenters. The Balaban J connectivity index is 1.74. The molecule has 0 aromatic heterocycles. The van der Waals surface area contributed by atoms with Crippen LogP contribution < -0.4 is 20.5 Å². The molecule has 0 bridgehead atoms. The third kappa shape index (κ3) is 3.53. The first-order valence-corrected chi connectivity index (χ1v) is 7.77. The number of aliphatic imine (C=N–C) groups is 1. The third-order valence-corrected chi connectivity index (χ3v) is 3.84. The molecule has 3 rings (SSSR count). The zero-order valence-corrected chi connectivity index (χ0v) is 13.7. The molecule has 2 aromatic rings. The Kier molecular flexibility index (Phi) is 4.46. The minimum Gasteiger partial charge on any atom is -0.508 e. The number of phenolic OH excluding ortho intramolecular Hbond substituents is 1. The molecule has 0 radical (unpaired) electrons. The fourth-order valence-corrected chi connectivity index (χ4v) is 2.74. The number of phenols is 1. The number of guanidine groups is 1. The second kappa shape index (κ2) is 6.70. The first-order valence-electron chi connectivity index (χ1n) is 7.77. The van der Waals surface area contributed by atoms with Gasteiger partial charge in [0.25, 0.3) is 0 Å². The zero-order valence-electron chi connectivity index (χ0n) is 13.7. The fourth-order valence-electron chi connectivity index (χ4n) is 2.74. The van der Waals surface area contributed by atoms with Gasteiger partial charge in [-0.3, -0.25) is 0 Å². The zero-order chi connectivity index (χ0) is 17.1. The van der Waals surface area contributed by atoms with Gasteiger partial charge in [-0.15, -0.1) is 0 Å². The van der Waals surface area contributed by atoms with Gasteiger partial charge in [0.2, 0.25) is 0 Å². The van der Waals surface area contributed by atoms with Crippen LogP contribution >= 0.6 is 0 Å². The SMILES string of the molecule is COc1cc2c(cc1CN=C(N)Nc1cccc(O)c1)OC(C)C2. The Morgan fingerprint density at radius 2 is 2.25 bits per heavy atom. The Morgan fingerprint density at radius 1 is 1.42 bits per heavy atom. The van der Waals surface area contributed by atoms with Gasteiger partial charge in [0.1, 0.15) is 23.4 Å². The van der Waals surface area contributed by atoms with Gasteiger partial charge in [-0.25, -0.2) is 4.99 Å². The van der Waals surface area contributed by atoms with Gasteiger partial charge in [0.05, 0.1) is 13.7 Å². The fraction of sp³-hybridized carbons (Fsp3) is 0.278. The van der Waals surface area contributed by atoms with E-state index in [-0.39, 0.29) is 17.8 Å². The number of hydrogen-bond donors (Lipinski definition) is 3. The molecule has 0 saturated heterocycles.